The van der Waals surface area contributed by atoms with E-state index in [4.69, 9.17) is 11.6 Å². The number of benzene rings is 1. The predicted octanol–water partition coefficient (Wildman–Crippen LogP) is 2.85. The average Bonchev–Trinajstić information content (AvgIpc) is 2.47. The van der Waals surface area contributed by atoms with Crippen molar-refractivity contribution in [2.24, 2.45) is 0 Å². The van der Waals surface area contributed by atoms with Gasteiger partial charge in [0, 0.05) is 32.2 Å². The van der Waals surface area contributed by atoms with E-state index in [-0.39, 0.29) is 0 Å². The molecule has 1 aliphatic heterocycles. The molecule has 4 heteroatoms. The van der Waals surface area contributed by atoms with Crippen molar-refractivity contribution < 1.29 is 0 Å². The molecule has 1 unspecified atom stereocenters. The Morgan fingerprint density at radius 1 is 1.20 bits per heavy atom. The first-order valence-corrected chi connectivity index (χ1v) is 8.03. The topological polar surface area (TPSA) is 18.5 Å². The van der Waals surface area contributed by atoms with E-state index < -0.39 is 0 Å². The van der Waals surface area contributed by atoms with E-state index in [9.17, 15) is 0 Å². The second kappa shape index (κ2) is 7.87. The van der Waals surface area contributed by atoms with Crippen molar-refractivity contribution in [2.75, 3.05) is 44.2 Å². The van der Waals surface area contributed by atoms with Crippen molar-refractivity contribution >= 4 is 17.3 Å². The van der Waals surface area contributed by atoms with Crippen LogP contribution >= 0.6 is 11.6 Å². The largest absolute Gasteiger partial charge is 0.368 e. The van der Waals surface area contributed by atoms with Crippen LogP contribution in [0.5, 0.6) is 0 Å². The van der Waals surface area contributed by atoms with Crippen LogP contribution in [0.1, 0.15) is 20.3 Å². The molecule has 112 valence electrons. The lowest BCUT2D eigenvalue weighted by atomic mass is 10.2. The van der Waals surface area contributed by atoms with Crippen molar-refractivity contribution in [3.63, 3.8) is 0 Å². The summed E-state index contributed by atoms with van der Waals surface area (Å²) in [5, 5.41) is 4.34. The highest BCUT2D eigenvalue weighted by Crippen LogP contribution is 2.25. The van der Waals surface area contributed by atoms with Crippen molar-refractivity contribution in [1.29, 1.82) is 0 Å². The maximum Gasteiger partial charge on any atom is 0.0639 e. The van der Waals surface area contributed by atoms with Gasteiger partial charge in [-0.15, -0.1) is 0 Å². The Bertz CT molecular complexity index is 402. The van der Waals surface area contributed by atoms with Crippen LogP contribution in [0.4, 0.5) is 5.69 Å². The zero-order valence-electron chi connectivity index (χ0n) is 12.6. The first-order valence-electron chi connectivity index (χ1n) is 7.66. The number of nitrogens with one attached hydrogen (secondary N) is 1. The molecule has 0 radical (unpaired) electrons. The van der Waals surface area contributed by atoms with Gasteiger partial charge in [-0.05, 0) is 38.6 Å². The van der Waals surface area contributed by atoms with E-state index in [1.165, 1.54) is 18.7 Å². The van der Waals surface area contributed by atoms with Crippen LogP contribution in [0.15, 0.2) is 24.3 Å². The molecule has 1 saturated heterocycles. The maximum absolute atomic E-state index is 6.27. The van der Waals surface area contributed by atoms with Gasteiger partial charge in [-0.25, -0.2) is 0 Å². The molecule has 0 aromatic heterocycles. The summed E-state index contributed by atoms with van der Waals surface area (Å²) >= 11 is 6.27. The minimum atomic E-state index is 0.613. The van der Waals surface area contributed by atoms with Crippen molar-refractivity contribution in [3.8, 4) is 0 Å². The summed E-state index contributed by atoms with van der Waals surface area (Å²) < 4.78 is 0. The molecule has 0 saturated carbocycles. The van der Waals surface area contributed by atoms with Crippen LogP contribution in [0.2, 0.25) is 5.02 Å². The van der Waals surface area contributed by atoms with Crippen LogP contribution in [-0.2, 0) is 0 Å². The van der Waals surface area contributed by atoms with E-state index in [2.05, 4.69) is 41.1 Å². The summed E-state index contributed by atoms with van der Waals surface area (Å²) in [6, 6.07) is 8.75. The average molecular weight is 296 g/mol. The van der Waals surface area contributed by atoms with Crippen LogP contribution in [0.3, 0.4) is 0 Å². The fraction of sp³-hybridized carbons (Fsp3) is 0.625. The van der Waals surface area contributed by atoms with Gasteiger partial charge in [-0.3, -0.25) is 4.90 Å². The summed E-state index contributed by atoms with van der Waals surface area (Å²) in [7, 11) is 0. The number of hydrogen-bond donors (Lipinski definition) is 1. The molecule has 0 bridgehead atoms. The Labute approximate surface area is 127 Å². The second-order valence-corrected chi connectivity index (χ2v) is 5.93. The van der Waals surface area contributed by atoms with Gasteiger partial charge in [0.2, 0.25) is 0 Å². The number of nitrogens with zero attached hydrogens (tertiary/aromatic N) is 2. The molecule has 1 aliphatic rings. The highest BCUT2D eigenvalue weighted by molar-refractivity contribution is 6.33. The quantitative estimate of drug-likeness (QED) is 0.871. The van der Waals surface area contributed by atoms with Crippen molar-refractivity contribution in [3.05, 3.63) is 29.3 Å². The third-order valence-electron chi connectivity index (χ3n) is 4.00. The lowest BCUT2D eigenvalue weighted by Gasteiger charge is -2.36. The minimum absolute atomic E-state index is 0.613. The third-order valence-corrected chi connectivity index (χ3v) is 4.32. The van der Waals surface area contributed by atoms with E-state index >= 15 is 0 Å². The highest BCUT2D eigenvalue weighted by atomic mass is 35.5. The Morgan fingerprint density at radius 3 is 2.55 bits per heavy atom. The van der Waals surface area contributed by atoms with Gasteiger partial charge in [0.05, 0.1) is 10.7 Å². The first kappa shape index (κ1) is 15.6. The fourth-order valence-electron chi connectivity index (χ4n) is 2.75. The smallest absolute Gasteiger partial charge is 0.0639 e. The molecule has 1 heterocycles. The molecule has 1 atom stereocenters. The highest BCUT2D eigenvalue weighted by Gasteiger charge is 2.18. The zero-order valence-corrected chi connectivity index (χ0v) is 13.4. The summed E-state index contributed by atoms with van der Waals surface area (Å²) in [4.78, 5) is 4.95. The number of anilines is 1. The van der Waals surface area contributed by atoms with Crippen LogP contribution in [-0.4, -0.2) is 50.2 Å². The number of piperazine rings is 1. The number of para-hydroxylation sites is 1. The van der Waals surface area contributed by atoms with Crippen LogP contribution in [0.25, 0.3) is 0 Å². The van der Waals surface area contributed by atoms with Gasteiger partial charge in [0.1, 0.15) is 0 Å². The molecule has 3 nitrogen and oxygen atoms in total. The number of halogens is 1. The van der Waals surface area contributed by atoms with Gasteiger partial charge < -0.3 is 10.2 Å². The lowest BCUT2D eigenvalue weighted by molar-refractivity contribution is 0.245. The Morgan fingerprint density at radius 2 is 1.90 bits per heavy atom. The predicted molar refractivity (Wildman–Crippen MR) is 87.9 cm³/mol. The van der Waals surface area contributed by atoms with E-state index in [0.717, 1.165) is 37.7 Å². The van der Waals surface area contributed by atoms with Gasteiger partial charge >= 0.3 is 0 Å². The molecule has 1 aromatic rings. The summed E-state index contributed by atoms with van der Waals surface area (Å²) in [6.07, 6.45) is 1.22. The SMILES string of the molecule is CCNC(C)CCN1CCN(c2ccccc2Cl)CC1. The maximum atomic E-state index is 6.27. The molecule has 1 aromatic carbocycles. The van der Waals surface area contributed by atoms with Crippen LogP contribution < -0.4 is 10.2 Å². The number of hydrogen-bond acceptors (Lipinski definition) is 3. The lowest BCUT2D eigenvalue weighted by Crippen LogP contribution is -2.47. The molecule has 0 amide bonds. The summed E-state index contributed by atoms with van der Waals surface area (Å²) in [6.45, 7) is 11.1. The summed E-state index contributed by atoms with van der Waals surface area (Å²) in [5.74, 6) is 0. The fourth-order valence-corrected chi connectivity index (χ4v) is 3.00. The normalized spacial score (nSPS) is 18.2. The van der Waals surface area contributed by atoms with Gasteiger partial charge in [-0.2, -0.15) is 0 Å². The van der Waals surface area contributed by atoms with E-state index in [0.29, 0.717) is 6.04 Å². The Balaban J connectivity index is 1.77. The van der Waals surface area contributed by atoms with E-state index in [1.807, 2.05) is 12.1 Å². The third kappa shape index (κ3) is 4.37. The van der Waals surface area contributed by atoms with Crippen molar-refractivity contribution in [2.45, 2.75) is 26.3 Å². The summed E-state index contributed by atoms with van der Waals surface area (Å²) in [5.41, 5.74) is 1.18. The second-order valence-electron chi connectivity index (χ2n) is 5.53. The Kier molecular flexibility index (Phi) is 6.14. The molecular weight excluding hydrogens is 270 g/mol. The zero-order chi connectivity index (χ0) is 14.4. The van der Waals surface area contributed by atoms with Gasteiger partial charge in [0.25, 0.3) is 0 Å². The number of rotatable bonds is 6. The molecule has 2 rings (SSSR count). The molecule has 20 heavy (non-hydrogen) atoms. The van der Waals surface area contributed by atoms with Crippen LogP contribution in [0, 0.1) is 0 Å². The Hall–Kier alpha value is -0.770. The van der Waals surface area contributed by atoms with Crippen molar-refractivity contribution in [1.82, 2.24) is 10.2 Å². The minimum Gasteiger partial charge on any atom is -0.368 e. The monoisotopic (exact) mass is 295 g/mol. The first-order chi connectivity index (χ1) is 9.70. The molecule has 0 aliphatic carbocycles. The molecule has 1 N–H and O–H groups in total. The standard InChI is InChI=1S/C16H26ClN3/c1-3-18-14(2)8-9-19-10-12-20(13-11-19)16-7-5-4-6-15(16)17/h4-7,14,18H,3,8-13H2,1-2H3. The molecular formula is C16H26ClN3. The van der Waals surface area contributed by atoms with E-state index in [1.54, 1.807) is 0 Å². The molecule has 1 fully saturated rings. The molecule has 0 spiro atoms. The van der Waals surface area contributed by atoms with Gasteiger partial charge in [0.15, 0.2) is 0 Å². The van der Waals surface area contributed by atoms with Gasteiger partial charge in [-0.1, -0.05) is 30.7 Å².